The lowest BCUT2D eigenvalue weighted by molar-refractivity contribution is 0.0791. The van der Waals surface area contributed by atoms with E-state index in [4.69, 9.17) is 0 Å². The van der Waals surface area contributed by atoms with E-state index >= 15 is 0 Å². The third-order valence-electron chi connectivity index (χ3n) is 2.61. The van der Waals surface area contributed by atoms with Gasteiger partial charge >= 0.3 is 0 Å². The summed E-state index contributed by atoms with van der Waals surface area (Å²) in [7, 11) is 1.79. The molecule has 1 amide bonds. The number of aromatic amines is 1. The molecule has 96 valence electrons. The van der Waals surface area contributed by atoms with E-state index in [0.29, 0.717) is 12.2 Å². The van der Waals surface area contributed by atoms with E-state index in [0.717, 1.165) is 17.3 Å². The number of thiazole rings is 1. The number of aryl methyl sites for hydroxylation is 2. The molecule has 0 spiro atoms. The van der Waals surface area contributed by atoms with E-state index in [1.165, 1.54) is 4.88 Å². The van der Waals surface area contributed by atoms with E-state index in [1.54, 1.807) is 29.5 Å². The highest BCUT2D eigenvalue weighted by Gasteiger charge is 2.14. The molecule has 0 bridgehead atoms. The molecule has 0 unspecified atom stereocenters. The lowest BCUT2D eigenvalue weighted by Gasteiger charge is -2.15. The standard InChI is InChI=1S/C12H16N4OS/c1-8-6-14-11(18-8)4-5-16(3)12(17)10-7-13-9(2)15-10/h6-7H,4-5H2,1-3H3,(H,13,15). The summed E-state index contributed by atoms with van der Waals surface area (Å²) in [6.07, 6.45) is 4.22. The lowest BCUT2D eigenvalue weighted by atomic mass is 10.3. The quantitative estimate of drug-likeness (QED) is 0.916. The number of aromatic nitrogens is 3. The van der Waals surface area contributed by atoms with E-state index < -0.39 is 0 Å². The number of nitrogens with one attached hydrogen (secondary N) is 1. The Bertz CT molecular complexity index is 546. The number of hydrogen-bond donors (Lipinski definition) is 1. The van der Waals surface area contributed by atoms with Crippen LogP contribution in [0.15, 0.2) is 12.4 Å². The van der Waals surface area contributed by atoms with E-state index in [2.05, 4.69) is 15.0 Å². The van der Waals surface area contributed by atoms with E-state index in [9.17, 15) is 4.79 Å². The van der Waals surface area contributed by atoms with Crippen LogP contribution in [-0.4, -0.2) is 39.4 Å². The zero-order chi connectivity index (χ0) is 13.1. The number of amides is 1. The fourth-order valence-corrected chi connectivity index (χ4v) is 2.39. The van der Waals surface area contributed by atoms with Gasteiger partial charge in [-0.25, -0.2) is 9.97 Å². The molecule has 2 heterocycles. The molecule has 2 aromatic rings. The highest BCUT2D eigenvalue weighted by atomic mass is 32.1. The Morgan fingerprint density at radius 3 is 2.72 bits per heavy atom. The fraction of sp³-hybridized carbons (Fsp3) is 0.417. The second-order valence-electron chi connectivity index (χ2n) is 4.22. The van der Waals surface area contributed by atoms with Crippen LogP contribution in [0.3, 0.4) is 0 Å². The van der Waals surface area contributed by atoms with Crippen LogP contribution < -0.4 is 0 Å². The van der Waals surface area contributed by atoms with Gasteiger partial charge in [0.25, 0.3) is 5.91 Å². The van der Waals surface area contributed by atoms with Gasteiger partial charge in [-0.2, -0.15) is 0 Å². The summed E-state index contributed by atoms with van der Waals surface area (Å²) in [5.41, 5.74) is 0.533. The number of hydrogen-bond acceptors (Lipinski definition) is 4. The van der Waals surface area contributed by atoms with Crippen molar-refractivity contribution in [2.75, 3.05) is 13.6 Å². The van der Waals surface area contributed by atoms with Crippen molar-refractivity contribution in [2.45, 2.75) is 20.3 Å². The molecule has 0 atom stereocenters. The Labute approximate surface area is 110 Å². The topological polar surface area (TPSA) is 61.9 Å². The summed E-state index contributed by atoms with van der Waals surface area (Å²) >= 11 is 1.67. The largest absolute Gasteiger partial charge is 0.340 e. The molecular formula is C12H16N4OS. The molecular weight excluding hydrogens is 248 g/mol. The molecule has 0 aromatic carbocycles. The normalized spacial score (nSPS) is 10.6. The molecule has 2 aromatic heterocycles. The van der Waals surface area contributed by atoms with Crippen molar-refractivity contribution in [3.8, 4) is 0 Å². The average Bonchev–Trinajstić information content (AvgIpc) is 2.94. The number of H-pyrrole nitrogens is 1. The molecule has 5 nitrogen and oxygen atoms in total. The molecule has 0 aliphatic rings. The molecule has 0 saturated carbocycles. The molecule has 0 fully saturated rings. The van der Waals surface area contributed by atoms with Crippen molar-refractivity contribution in [2.24, 2.45) is 0 Å². The predicted molar refractivity (Wildman–Crippen MR) is 70.8 cm³/mol. The second-order valence-corrected chi connectivity index (χ2v) is 5.54. The molecule has 0 radical (unpaired) electrons. The van der Waals surface area contributed by atoms with Crippen molar-refractivity contribution < 1.29 is 4.79 Å². The fourth-order valence-electron chi connectivity index (χ4n) is 1.62. The van der Waals surface area contributed by atoms with Gasteiger partial charge in [-0.1, -0.05) is 0 Å². The zero-order valence-electron chi connectivity index (χ0n) is 10.7. The summed E-state index contributed by atoms with van der Waals surface area (Å²) in [5.74, 6) is 0.714. The summed E-state index contributed by atoms with van der Waals surface area (Å²) < 4.78 is 0. The Morgan fingerprint density at radius 2 is 2.17 bits per heavy atom. The van der Waals surface area contributed by atoms with Crippen LogP contribution in [0.1, 0.15) is 26.2 Å². The van der Waals surface area contributed by atoms with Crippen molar-refractivity contribution in [3.05, 3.63) is 33.8 Å². The van der Waals surface area contributed by atoms with Crippen molar-refractivity contribution in [3.63, 3.8) is 0 Å². The number of rotatable bonds is 4. The van der Waals surface area contributed by atoms with Gasteiger partial charge in [-0.15, -0.1) is 11.3 Å². The maximum atomic E-state index is 12.0. The third-order valence-corrected chi connectivity index (χ3v) is 3.58. The van der Waals surface area contributed by atoms with E-state index in [1.807, 2.05) is 20.0 Å². The van der Waals surface area contributed by atoms with Crippen LogP contribution in [-0.2, 0) is 6.42 Å². The van der Waals surface area contributed by atoms with Crippen LogP contribution in [0.4, 0.5) is 0 Å². The predicted octanol–water partition coefficient (Wildman–Crippen LogP) is 1.80. The van der Waals surface area contributed by atoms with Crippen LogP contribution in [0.2, 0.25) is 0 Å². The summed E-state index contributed by atoms with van der Waals surface area (Å²) in [4.78, 5) is 26.2. The summed E-state index contributed by atoms with van der Waals surface area (Å²) in [6.45, 7) is 4.52. The molecule has 0 saturated heterocycles. The Morgan fingerprint density at radius 1 is 1.39 bits per heavy atom. The van der Waals surface area contributed by atoms with E-state index in [-0.39, 0.29) is 5.91 Å². The first-order chi connectivity index (χ1) is 8.56. The highest BCUT2D eigenvalue weighted by Crippen LogP contribution is 2.12. The minimum Gasteiger partial charge on any atom is -0.340 e. The molecule has 0 aliphatic heterocycles. The number of likely N-dealkylation sites (N-methyl/N-ethyl adjacent to an activating group) is 1. The van der Waals surface area contributed by atoms with Gasteiger partial charge in [0.05, 0.1) is 11.2 Å². The molecule has 0 aliphatic carbocycles. The van der Waals surface area contributed by atoms with Crippen LogP contribution in [0, 0.1) is 13.8 Å². The first-order valence-corrected chi connectivity index (χ1v) is 6.56. The maximum Gasteiger partial charge on any atom is 0.271 e. The number of carbonyl (C=O) groups is 1. The smallest absolute Gasteiger partial charge is 0.271 e. The van der Waals surface area contributed by atoms with Crippen molar-refractivity contribution in [1.82, 2.24) is 19.9 Å². The van der Waals surface area contributed by atoms with Gasteiger partial charge in [-0.3, -0.25) is 4.79 Å². The minimum absolute atomic E-state index is 0.0381. The van der Waals surface area contributed by atoms with Gasteiger partial charge in [0.2, 0.25) is 0 Å². The van der Waals surface area contributed by atoms with Gasteiger partial charge in [0.15, 0.2) is 0 Å². The second kappa shape index (κ2) is 5.30. The minimum atomic E-state index is -0.0381. The Balaban J connectivity index is 1.91. The van der Waals surface area contributed by atoms with Crippen molar-refractivity contribution in [1.29, 1.82) is 0 Å². The molecule has 2 rings (SSSR count). The molecule has 6 heteroatoms. The number of nitrogens with zero attached hydrogens (tertiary/aromatic N) is 3. The summed E-state index contributed by atoms with van der Waals surface area (Å²) in [5, 5.41) is 1.06. The SMILES string of the molecule is Cc1ncc(C(=O)N(C)CCc2ncc(C)s2)[nH]1. The van der Waals surface area contributed by atoms with Crippen LogP contribution >= 0.6 is 11.3 Å². The van der Waals surface area contributed by atoms with Crippen LogP contribution in [0.25, 0.3) is 0 Å². The van der Waals surface area contributed by atoms with Gasteiger partial charge in [0.1, 0.15) is 11.5 Å². The van der Waals surface area contributed by atoms with Crippen LogP contribution in [0.5, 0.6) is 0 Å². The zero-order valence-corrected chi connectivity index (χ0v) is 11.5. The lowest BCUT2D eigenvalue weighted by Crippen LogP contribution is -2.29. The van der Waals surface area contributed by atoms with Gasteiger partial charge < -0.3 is 9.88 Å². The molecule has 18 heavy (non-hydrogen) atoms. The summed E-state index contributed by atoms with van der Waals surface area (Å²) in [6, 6.07) is 0. The Kier molecular flexibility index (Phi) is 3.76. The first kappa shape index (κ1) is 12.8. The Hall–Kier alpha value is -1.69. The monoisotopic (exact) mass is 264 g/mol. The van der Waals surface area contributed by atoms with Crippen molar-refractivity contribution >= 4 is 17.2 Å². The van der Waals surface area contributed by atoms with Gasteiger partial charge in [-0.05, 0) is 13.8 Å². The maximum absolute atomic E-state index is 12.0. The average molecular weight is 264 g/mol. The first-order valence-electron chi connectivity index (χ1n) is 5.74. The highest BCUT2D eigenvalue weighted by molar-refractivity contribution is 7.11. The molecule has 1 N–H and O–H groups in total. The number of carbonyl (C=O) groups excluding carboxylic acids is 1. The third kappa shape index (κ3) is 2.95. The van der Waals surface area contributed by atoms with Gasteiger partial charge in [0, 0.05) is 31.1 Å². The number of imidazole rings is 1.